The average molecular weight is 268 g/mol. The lowest BCUT2D eigenvalue weighted by molar-refractivity contribution is 0.0602. The molecule has 20 heavy (non-hydrogen) atoms. The second-order valence-corrected chi connectivity index (χ2v) is 4.21. The van der Waals surface area contributed by atoms with E-state index in [0.29, 0.717) is 11.3 Å². The summed E-state index contributed by atoms with van der Waals surface area (Å²) in [6, 6.07) is 16.9. The van der Waals surface area contributed by atoms with E-state index in [1.807, 2.05) is 43.3 Å². The van der Waals surface area contributed by atoms with Crippen LogP contribution in [0.15, 0.2) is 59.7 Å². The van der Waals surface area contributed by atoms with Gasteiger partial charge in [0, 0.05) is 0 Å². The molecule has 102 valence electrons. The first-order valence-corrected chi connectivity index (χ1v) is 6.25. The molecule has 0 aliphatic rings. The van der Waals surface area contributed by atoms with Crippen LogP contribution in [0.25, 0.3) is 0 Å². The van der Waals surface area contributed by atoms with Gasteiger partial charge in [0.2, 0.25) is 0 Å². The summed E-state index contributed by atoms with van der Waals surface area (Å²) in [5.74, 6) is -0.388. The number of methoxy groups -OCH3 is 1. The van der Waals surface area contributed by atoms with Gasteiger partial charge in [-0.1, -0.05) is 42.5 Å². The maximum absolute atomic E-state index is 11.6. The monoisotopic (exact) mass is 268 g/mol. The third-order valence-corrected chi connectivity index (χ3v) is 2.87. The van der Waals surface area contributed by atoms with Gasteiger partial charge >= 0.3 is 5.97 Å². The zero-order valence-electron chi connectivity index (χ0n) is 11.5. The second kappa shape index (κ2) is 6.52. The van der Waals surface area contributed by atoms with Crippen LogP contribution in [0.3, 0.4) is 0 Å². The molecule has 0 spiro atoms. The molecule has 0 aliphatic carbocycles. The molecular weight excluding hydrogens is 252 g/mol. The number of nitrogens with one attached hydrogen (secondary N) is 1. The average Bonchev–Trinajstić information content (AvgIpc) is 2.53. The number of hydrogen-bond donors (Lipinski definition) is 1. The molecule has 2 rings (SSSR count). The van der Waals surface area contributed by atoms with E-state index in [9.17, 15) is 4.79 Å². The van der Waals surface area contributed by atoms with Gasteiger partial charge in [-0.2, -0.15) is 5.10 Å². The van der Waals surface area contributed by atoms with Crippen molar-refractivity contribution in [3.05, 3.63) is 65.7 Å². The van der Waals surface area contributed by atoms with Gasteiger partial charge in [-0.3, -0.25) is 5.43 Å². The van der Waals surface area contributed by atoms with Gasteiger partial charge in [-0.25, -0.2) is 4.79 Å². The molecule has 0 unspecified atom stereocenters. The summed E-state index contributed by atoms with van der Waals surface area (Å²) >= 11 is 0. The molecule has 0 aromatic heterocycles. The van der Waals surface area contributed by atoms with Crippen molar-refractivity contribution >= 4 is 17.4 Å². The summed E-state index contributed by atoms with van der Waals surface area (Å²) in [5.41, 5.74) is 5.85. The lowest BCUT2D eigenvalue weighted by Gasteiger charge is -2.08. The quantitative estimate of drug-likeness (QED) is 0.526. The maximum atomic E-state index is 11.6. The van der Waals surface area contributed by atoms with E-state index in [-0.39, 0.29) is 5.97 Å². The summed E-state index contributed by atoms with van der Waals surface area (Å²) in [4.78, 5) is 11.6. The molecule has 4 heteroatoms. The number of hydrogen-bond acceptors (Lipinski definition) is 4. The van der Waals surface area contributed by atoms with Crippen molar-refractivity contribution in [3.8, 4) is 0 Å². The van der Waals surface area contributed by atoms with Crippen LogP contribution in [-0.2, 0) is 4.74 Å². The minimum absolute atomic E-state index is 0.388. The van der Waals surface area contributed by atoms with E-state index in [0.717, 1.165) is 11.3 Å². The first kappa shape index (κ1) is 13.8. The maximum Gasteiger partial charge on any atom is 0.340 e. The number of benzene rings is 2. The third kappa shape index (κ3) is 3.23. The molecule has 4 nitrogen and oxygen atoms in total. The van der Waals surface area contributed by atoms with Crippen molar-refractivity contribution in [3.63, 3.8) is 0 Å². The normalized spacial score (nSPS) is 11.0. The van der Waals surface area contributed by atoms with Crippen LogP contribution in [0.1, 0.15) is 22.8 Å². The SMILES string of the molecule is COC(=O)c1ccccc1N/N=C(\C)c1ccccc1. The van der Waals surface area contributed by atoms with E-state index >= 15 is 0 Å². The predicted molar refractivity (Wildman–Crippen MR) is 80.1 cm³/mol. The topological polar surface area (TPSA) is 50.7 Å². The summed E-state index contributed by atoms with van der Waals surface area (Å²) in [6.07, 6.45) is 0. The Hall–Kier alpha value is -2.62. The summed E-state index contributed by atoms with van der Waals surface area (Å²) < 4.78 is 4.74. The van der Waals surface area contributed by atoms with Crippen LogP contribution in [0, 0.1) is 0 Å². The lowest BCUT2D eigenvalue weighted by Crippen LogP contribution is -2.06. The van der Waals surface area contributed by atoms with E-state index in [1.54, 1.807) is 18.2 Å². The van der Waals surface area contributed by atoms with E-state index in [4.69, 9.17) is 4.74 Å². The number of carbonyl (C=O) groups is 1. The Morgan fingerprint density at radius 3 is 2.40 bits per heavy atom. The van der Waals surface area contributed by atoms with Crippen LogP contribution in [0.4, 0.5) is 5.69 Å². The van der Waals surface area contributed by atoms with Crippen LogP contribution in [0.5, 0.6) is 0 Å². The van der Waals surface area contributed by atoms with Crippen molar-refractivity contribution in [2.24, 2.45) is 5.10 Å². The number of ether oxygens (including phenoxy) is 1. The minimum atomic E-state index is -0.388. The third-order valence-electron chi connectivity index (χ3n) is 2.87. The Morgan fingerprint density at radius 1 is 1.05 bits per heavy atom. The zero-order valence-corrected chi connectivity index (χ0v) is 11.5. The van der Waals surface area contributed by atoms with Gasteiger partial charge in [-0.15, -0.1) is 0 Å². The first-order chi connectivity index (χ1) is 9.72. The zero-order chi connectivity index (χ0) is 14.4. The number of rotatable bonds is 4. The van der Waals surface area contributed by atoms with Crippen LogP contribution in [-0.4, -0.2) is 18.8 Å². The fraction of sp³-hybridized carbons (Fsp3) is 0.125. The summed E-state index contributed by atoms with van der Waals surface area (Å²) in [6.45, 7) is 1.91. The molecule has 1 N–H and O–H groups in total. The number of nitrogens with zero attached hydrogens (tertiary/aromatic N) is 1. The molecule has 0 atom stereocenters. The smallest absolute Gasteiger partial charge is 0.340 e. The summed E-state index contributed by atoms with van der Waals surface area (Å²) in [7, 11) is 1.36. The molecule has 0 fully saturated rings. The molecule has 0 saturated heterocycles. The molecule has 0 saturated carbocycles. The molecule has 2 aromatic rings. The Bertz CT molecular complexity index is 621. The fourth-order valence-electron chi connectivity index (χ4n) is 1.76. The Morgan fingerprint density at radius 2 is 1.70 bits per heavy atom. The van der Waals surface area contributed by atoms with Crippen molar-refractivity contribution in [1.82, 2.24) is 0 Å². The highest BCUT2D eigenvalue weighted by Crippen LogP contribution is 2.16. The van der Waals surface area contributed by atoms with E-state index < -0.39 is 0 Å². The highest BCUT2D eigenvalue weighted by Gasteiger charge is 2.10. The van der Waals surface area contributed by atoms with Gasteiger partial charge in [-0.05, 0) is 24.6 Å². The van der Waals surface area contributed by atoms with Gasteiger partial charge < -0.3 is 4.74 Å². The van der Waals surface area contributed by atoms with E-state index in [2.05, 4.69) is 10.5 Å². The van der Waals surface area contributed by atoms with Gasteiger partial charge in [0.15, 0.2) is 0 Å². The van der Waals surface area contributed by atoms with Gasteiger partial charge in [0.1, 0.15) is 0 Å². The molecule has 0 bridgehead atoms. The second-order valence-electron chi connectivity index (χ2n) is 4.21. The van der Waals surface area contributed by atoms with Gasteiger partial charge in [0.05, 0.1) is 24.1 Å². The van der Waals surface area contributed by atoms with E-state index in [1.165, 1.54) is 7.11 Å². The minimum Gasteiger partial charge on any atom is -0.465 e. The fourth-order valence-corrected chi connectivity index (χ4v) is 1.76. The number of para-hydroxylation sites is 1. The molecule has 0 radical (unpaired) electrons. The van der Waals surface area contributed by atoms with Crippen LogP contribution >= 0.6 is 0 Å². The molecule has 0 aliphatic heterocycles. The number of esters is 1. The molecular formula is C16H16N2O2. The Labute approximate surface area is 118 Å². The lowest BCUT2D eigenvalue weighted by atomic mass is 10.1. The number of anilines is 1. The van der Waals surface area contributed by atoms with Gasteiger partial charge in [0.25, 0.3) is 0 Å². The standard InChI is InChI=1S/C16H16N2O2/c1-12(13-8-4-3-5-9-13)17-18-15-11-7-6-10-14(15)16(19)20-2/h3-11,18H,1-2H3/b17-12+. The highest BCUT2D eigenvalue weighted by molar-refractivity contribution is 6.00. The largest absolute Gasteiger partial charge is 0.465 e. The van der Waals surface area contributed by atoms with Crippen molar-refractivity contribution < 1.29 is 9.53 Å². The Balaban J connectivity index is 2.21. The molecule has 0 amide bonds. The van der Waals surface area contributed by atoms with Crippen molar-refractivity contribution in [1.29, 1.82) is 0 Å². The molecule has 0 heterocycles. The van der Waals surface area contributed by atoms with Crippen LogP contribution in [0.2, 0.25) is 0 Å². The van der Waals surface area contributed by atoms with Crippen molar-refractivity contribution in [2.45, 2.75) is 6.92 Å². The summed E-state index contributed by atoms with van der Waals surface area (Å²) in [5, 5.41) is 4.30. The number of carbonyl (C=O) groups excluding carboxylic acids is 1. The molecule has 2 aromatic carbocycles. The number of hydrazone groups is 1. The first-order valence-electron chi connectivity index (χ1n) is 6.25. The van der Waals surface area contributed by atoms with Crippen LogP contribution < -0.4 is 5.43 Å². The predicted octanol–water partition coefficient (Wildman–Crippen LogP) is 3.31. The highest BCUT2D eigenvalue weighted by atomic mass is 16.5. The Kier molecular flexibility index (Phi) is 4.50. The van der Waals surface area contributed by atoms with Crippen molar-refractivity contribution in [2.75, 3.05) is 12.5 Å².